The quantitative estimate of drug-likeness (QED) is 0.0533. The second-order valence-electron chi connectivity index (χ2n) is 16.2. The van der Waals surface area contributed by atoms with Gasteiger partial charge in [0.15, 0.2) is 0 Å². The topological polar surface area (TPSA) is 229 Å². The zero-order chi connectivity index (χ0) is 53.6. The lowest BCUT2D eigenvalue weighted by molar-refractivity contribution is -0.0524. The highest BCUT2D eigenvalue weighted by Crippen LogP contribution is 2.23. The zero-order valence-electron chi connectivity index (χ0n) is 41.4. The predicted octanol–water partition coefficient (Wildman–Crippen LogP) is -0.957. The molecule has 3 heterocycles. The summed E-state index contributed by atoms with van der Waals surface area (Å²) in [5, 5.41) is 26.0. The van der Waals surface area contributed by atoms with Crippen molar-refractivity contribution in [3.05, 3.63) is 35.7 Å². The average molecular weight is 1020 g/mol. The van der Waals surface area contributed by atoms with Crippen molar-refractivity contribution in [2.75, 3.05) is 139 Å². The molecule has 0 amide bonds. The number of aromatic nitrogens is 9. The maximum Gasteiger partial charge on any atom is 0.134 e. The van der Waals surface area contributed by atoms with Gasteiger partial charge in [-0.15, -0.1) is 73.1 Å². The molecule has 22 nitrogen and oxygen atoms in total. The fourth-order valence-corrected chi connectivity index (χ4v) is 6.66. The van der Waals surface area contributed by atoms with Crippen LogP contribution < -0.4 is 5.73 Å². The van der Waals surface area contributed by atoms with Crippen LogP contribution >= 0.6 is 0 Å². The van der Waals surface area contributed by atoms with E-state index in [0.29, 0.717) is 17.1 Å². The van der Waals surface area contributed by atoms with Gasteiger partial charge in [-0.25, -0.2) is 14.0 Å². The van der Waals surface area contributed by atoms with Crippen molar-refractivity contribution < 1.29 is 56.8 Å². The normalized spacial score (nSPS) is 11.5. The number of terminal acetylenes is 9. The Morgan fingerprint density at radius 3 is 0.689 bits per heavy atom. The molecule has 0 radical (unpaired) electrons. The van der Waals surface area contributed by atoms with Crippen LogP contribution in [0, 0.1) is 111 Å². The van der Waals surface area contributed by atoms with Gasteiger partial charge in [-0.1, -0.05) is 68.9 Å². The summed E-state index contributed by atoms with van der Waals surface area (Å²) in [5.41, 5.74) is 3.78. The smallest absolute Gasteiger partial charge is 0.134 e. The molecular weight excluding hydrogens is 957 g/mol. The molecule has 0 fully saturated rings. The summed E-state index contributed by atoms with van der Waals surface area (Å²) in [6.07, 6.45) is 54.1. The highest BCUT2D eigenvalue weighted by atomic mass is 16.5. The van der Waals surface area contributed by atoms with Gasteiger partial charge in [0.1, 0.15) is 93.2 Å². The summed E-state index contributed by atoms with van der Waals surface area (Å²) in [7, 11) is 0. The minimum Gasteiger partial charge on any atom is -0.373 e. The van der Waals surface area contributed by atoms with Crippen LogP contribution in [0.5, 0.6) is 0 Å². The van der Waals surface area contributed by atoms with Crippen molar-refractivity contribution in [1.82, 2.24) is 45.0 Å². The second kappa shape index (κ2) is 35.2. The summed E-state index contributed by atoms with van der Waals surface area (Å²) in [6.45, 7) is -0.194. The number of rotatable bonds is 42. The van der Waals surface area contributed by atoms with E-state index in [1.807, 2.05) is 0 Å². The second-order valence-corrected chi connectivity index (χ2v) is 16.2. The summed E-state index contributed by atoms with van der Waals surface area (Å²) >= 11 is 0. The Bertz CT molecular complexity index is 2070. The van der Waals surface area contributed by atoms with Crippen molar-refractivity contribution in [3.8, 4) is 111 Å². The molecule has 3 aromatic heterocycles. The lowest BCUT2D eigenvalue weighted by atomic mass is 10.0. The van der Waals surface area contributed by atoms with Gasteiger partial charge in [0.2, 0.25) is 0 Å². The average Bonchev–Trinajstić information content (AvgIpc) is 4.20. The monoisotopic (exact) mass is 1020 g/mol. The van der Waals surface area contributed by atoms with E-state index in [-0.39, 0.29) is 159 Å². The van der Waals surface area contributed by atoms with Crippen LogP contribution in [0.15, 0.2) is 18.6 Å². The molecule has 0 bridgehead atoms. The molecular formula is C52H62N10O12. The van der Waals surface area contributed by atoms with Gasteiger partial charge in [0.05, 0.1) is 123 Å². The SMILES string of the molecule is C#CCOCC(COCC#C)(COCC#C)n1cc(COCC(N)(COCc2cn(C(COCC#C)(COCC#C)COCC#C)nn2)COCc2cn(C(COCC#C)(COCC#C)COCC#C)nn2)nn1. The van der Waals surface area contributed by atoms with Crippen LogP contribution in [0.2, 0.25) is 0 Å². The first-order valence-corrected chi connectivity index (χ1v) is 22.5. The molecule has 74 heavy (non-hydrogen) atoms. The molecule has 0 aliphatic rings. The van der Waals surface area contributed by atoms with E-state index < -0.39 is 22.2 Å². The third-order valence-electron chi connectivity index (χ3n) is 10.0. The van der Waals surface area contributed by atoms with E-state index in [0.717, 1.165) is 0 Å². The summed E-state index contributed by atoms with van der Waals surface area (Å²) in [5.74, 6) is 22.0. The first kappa shape index (κ1) is 61.2. The van der Waals surface area contributed by atoms with Gasteiger partial charge in [0, 0.05) is 0 Å². The predicted molar refractivity (Wildman–Crippen MR) is 267 cm³/mol. The molecule has 22 heteroatoms. The highest BCUT2D eigenvalue weighted by Gasteiger charge is 2.38. The molecule has 2 N–H and O–H groups in total. The van der Waals surface area contributed by atoms with Crippen LogP contribution in [-0.4, -0.2) is 189 Å². The van der Waals surface area contributed by atoms with Crippen molar-refractivity contribution in [2.45, 2.75) is 42.0 Å². The molecule has 0 atom stereocenters. The van der Waals surface area contributed by atoms with E-state index in [4.69, 9.17) is 120 Å². The summed E-state index contributed by atoms with van der Waals surface area (Å²) in [4.78, 5) is 0. The molecule has 3 aromatic rings. The van der Waals surface area contributed by atoms with Gasteiger partial charge < -0.3 is 62.6 Å². The zero-order valence-corrected chi connectivity index (χ0v) is 41.4. The van der Waals surface area contributed by atoms with Gasteiger partial charge in [-0.05, 0) is 0 Å². The van der Waals surface area contributed by atoms with E-state index in [9.17, 15) is 0 Å². The van der Waals surface area contributed by atoms with Gasteiger partial charge >= 0.3 is 0 Å². The Labute approximate surface area is 433 Å². The van der Waals surface area contributed by atoms with E-state index in [1.165, 1.54) is 14.0 Å². The van der Waals surface area contributed by atoms with Crippen LogP contribution in [0.1, 0.15) is 17.1 Å². The Morgan fingerprint density at radius 1 is 0.324 bits per heavy atom. The number of hydrogen-bond acceptors (Lipinski definition) is 19. The molecule has 392 valence electrons. The molecule has 0 aromatic carbocycles. The van der Waals surface area contributed by atoms with Crippen LogP contribution in [0.4, 0.5) is 0 Å². The summed E-state index contributed by atoms with van der Waals surface area (Å²) < 4.78 is 74.8. The van der Waals surface area contributed by atoms with Crippen LogP contribution in [-0.2, 0) is 93.3 Å². The van der Waals surface area contributed by atoms with Gasteiger partial charge in [0.25, 0.3) is 0 Å². The van der Waals surface area contributed by atoms with E-state index in [1.54, 1.807) is 18.6 Å². The first-order chi connectivity index (χ1) is 36.1. The van der Waals surface area contributed by atoms with Gasteiger partial charge in [-0.3, -0.25) is 0 Å². The molecule has 0 spiro atoms. The maximum atomic E-state index is 7.03. The largest absolute Gasteiger partial charge is 0.373 e. The fourth-order valence-electron chi connectivity index (χ4n) is 6.66. The lowest BCUT2D eigenvalue weighted by Gasteiger charge is -2.32. The van der Waals surface area contributed by atoms with Crippen molar-refractivity contribution in [1.29, 1.82) is 0 Å². The molecule has 0 unspecified atom stereocenters. The Morgan fingerprint density at radius 2 is 0.514 bits per heavy atom. The highest BCUT2D eigenvalue weighted by molar-refractivity contribution is 5.02. The van der Waals surface area contributed by atoms with Crippen molar-refractivity contribution in [2.24, 2.45) is 5.73 Å². The minimum atomic E-state index is -1.31. The van der Waals surface area contributed by atoms with E-state index >= 15 is 0 Å². The molecule has 3 rings (SSSR count). The van der Waals surface area contributed by atoms with Crippen molar-refractivity contribution in [3.63, 3.8) is 0 Å². The van der Waals surface area contributed by atoms with Crippen LogP contribution in [0.25, 0.3) is 0 Å². The van der Waals surface area contributed by atoms with Crippen molar-refractivity contribution >= 4 is 0 Å². The Balaban J connectivity index is 1.90. The third kappa shape index (κ3) is 20.8. The number of nitrogens with zero attached hydrogens (tertiary/aromatic N) is 9. The van der Waals surface area contributed by atoms with Crippen LogP contribution in [0.3, 0.4) is 0 Å². The van der Waals surface area contributed by atoms with E-state index in [2.05, 4.69) is 84.2 Å². The molecule has 0 saturated carbocycles. The fraction of sp³-hybridized carbons (Fsp3) is 0.538. The number of nitrogens with two attached hydrogens (primary N) is 1. The molecule has 0 aliphatic carbocycles. The Hall–Kier alpha value is -7.06. The summed E-state index contributed by atoms with van der Waals surface area (Å²) in [6, 6.07) is 0. The number of ether oxygens (including phenoxy) is 12. The molecule has 0 saturated heterocycles. The third-order valence-corrected chi connectivity index (χ3v) is 10.0. The lowest BCUT2D eigenvalue weighted by Crippen LogP contribution is -2.52. The standard InChI is InChI=1S/C52H62N10O12/c1-10-19-63-37-50(38-64-20-11-2,39-65-21-12-3)60-28-46(54-57-60)31-72-34-49(53,35-73-32-47-29-61(58-55-47)51(40-66-22-13-4,41-67-23-14-5)42-68-24-15-6)36-74-33-48-30-62(59-56-48)52(43-69-25-16-7,44-70-26-17-8)45-71-27-18-9/h1-9,28-30H,19-27,31-45,53H2. The minimum absolute atomic E-state index is 0.0104. The first-order valence-electron chi connectivity index (χ1n) is 22.5. The molecule has 0 aliphatic heterocycles. The number of hydrogen-bond donors (Lipinski definition) is 1. The Kier molecular flexibility index (Phi) is 29.1. The maximum absolute atomic E-state index is 7.03. The van der Waals surface area contributed by atoms with Gasteiger partial charge in [-0.2, -0.15) is 0 Å².